The van der Waals surface area contributed by atoms with Gasteiger partial charge >= 0.3 is 0 Å². The molecule has 5 nitrogen and oxygen atoms in total. The maximum atomic E-state index is 12.4. The molecule has 3 aromatic carbocycles. The number of primary amides is 1. The van der Waals surface area contributed by atoms with Crippen LogP contribution in [0.1, 0.15) is 35.3 Å². The first kappa shape index (κ1) is 22.4. The van der Waals surface area contributed by atoms with E-state index in [1.165, 1.54) is 0 Å². The third kappa shape index (κ3) is 5.47. The van der Waals surface area contributed by atoms with Crippen LogP contribution in [0.2, 0.25) is 0 Å². The van der Waals surface area contributed by atoms with Crippen LogP contribution in [-0.4, -0.2) is 30.1 Å². The molecule has 0 bridgehead atoms. The Kier molecular flexibility index (Phi) is 7.36. The standard InChI is InChI=1S/C18H18N2O.C7H6BrNO/c1-13(2)20-16-11-7-6-10-15(16)18(19-12-17(20)21)14-8-4-3-5-9-14;8-6-3-1-2-5(4-6)7(9)10/h3-11,13H,12H2,1-2H3;1-4H,(H2,9,10). The van der Waals surface area contributed by atoms with Crippen LogP contribution in [0, 0.1) is 0 Å². The molecule has 0 atom stereocenters. The first-order valence-corrected chi connectivity index (χ1v) is 10.7. The van der Waals surface area contributed by atoms with Crippen molar-refractivity contribution in [3.63, 3.8) is 0 Å². The highest BCUT2D eigenvalue weighted by Gasteiger charge is 2.26. The van der Waals surface area contributed by atoms with Crippen molar-refractivity contribution in [2.24, 2.45) is 10.7 Å². The average Bonchev–Trinajstić information content (AvgIpc) is 2.91. The van der Waals surface area contributed by atoms with Gasteiger partial charge in [0, 0.05) is 27.2 Å². The van der Waals surface area contributed by atoms with Crippen molar-refractivity contribution < 1.29 is 9.59 Å². The second-order valence-corrected chi connectivity index (χ2v) is 8.20. The average molecular weight is 478 g/mol. The zero-order valence-electron chi connectivity index (χ0n) is 17.5. The minimum Gasteiger partial charge on any atom is -0.366 e. The van der Waals surface area contributed by atoms with Crippen molar-refractivity contribution in [1.29, 1.82) is 0 Å². The highest BCUT2D eigenvalue weighted by Crippen LogP contribution is 2.28. The Labute approximate surface area is 190 Å². The highest BCUT2D eigenvalue weighted by molar-refractivity contribution is 9.10. The van der Waals surface area contributed by atoms with Crippen molar-refractivity contribution in [3.8, 4) is 0 Å². The van der Waals surface area contributed by atoms with Gasteiger partial charge in [0.15, 0.2) is 0 Å². The van der Waals surface area contributed by atoms with E-state index in [0.29, 0.717) is 5.56 Å². The molecule has 0 aromatic heterocycles. The number of nitrogens with zero attached hydrogens (tertiary/aromatic N) is 2. The topological polar surface area (TPSA) is 75.8 Å². The summed E-state index contributed by atoms with van der Waals surface area (Å²) in [6, 6.07) is 25.1. The van der Waals surface area contributed by atoms with Gasteiger partial charge in [0.1, 0.15) is 6.54 Å². The van der Waals surface area contributed by atoms with Crippen LogP contribution < -0.4 is 10.6 Å². The number of anilines is 1. The molecule has 0 saturated heterocycles. The molecular formula is C25H24BrN3O2. The molecule has 0 aliphatic carbocycles. The van der Waals surface area contributed by atoms with Crippen LogP contribution in [0.15, 0.2) is 88.3 Å². The Hall–Kier alpha value is -3.25. The lowest BCUT2D eigenvalue weighted by Gasteiger charge is -2.26. The minimum atomic E-state index is -0.402. The lowest BCUT2D eigenvalue weighted by molar-refractivity contribution is -0.117. The van der Waals surface area contributed by atoms with Crippen LogP contribution in [0.3, 0.4) is 0 Å². The predicted molar refractivity (Wildman–Crippen MR) is 129 cm³/mol. The summed E-state index contributed by atoms with van der Waals surface area (Å²) < 4.78 is 0.865. The molecule has 1 aliphatic heterocycles. The predicted octanol–water partition coefficient (Wildman–Crippen LogP) is 4.83. The normalized spacial score (nSPS) is 13.0. The number of aliphatic imine (C=N–C) groups is 1. The summed E-state index contributed by atoms with van der Waals surface area (Å²) in [6.45, 7) is 4.25. The Morgan fingerprint density at radius 1 is 1.00 bits per heavy atom. The second-order valence-electron chi connectivity index (χ2n) is 7.28. The number of halogens is 1. The zero-order valence-corrected chi connectivity index (χ0v) is 19.0. The number of hydrogen-bond donors (Lipinski definition) is 1. The fourth-order valence-corrected chi connectivity index (χ4v) is 3.78. The lowest BCUT2D eigenvalue weighted by atomic mass is 10.00. The van der Waals surface area contributed by atoms with Gasteiger partial charge in [0.2, 0.25) is 11.8 Å². The lowest BCUT2D eigenvalue weighted by Crippen LogP contribution is -2.38. The number of fused-ring (bicyclic) bond motifs is 1. The van der Waals surface area contributed by atoms with E-state index in [4.69, 9.17) is 5.73 Å². The Balaban J connectivity index is 0.000000229. The summed E-state index contributed by atoms with van der Waals surface area (Å²) in [6.07, 6.45) is 0. The van der Waals surface area contributed by atoms with Gasteiger partial charge in [0.05, 0.1) is 11.4 Å². The number of carbonyl (C=O) groups is 2. The molecule has 158 valence electrons. The number of rotatable bonds is 3. The first-order chi connectivity index (χ1) is 14.9. The zero-order chi connectivity index (χ0) is 22.4. The Morgan fingerprint density at radius 3 is 2.29 bits per heavy atom. The van der Waals surface area contributed by atoms with Crippen LogP contribution in [-0.2, 0) is 4.79 Å². The van der Waals surface area contributed by atoms with E-state index in [1.54, 1.807) is 18.2 Å². The van der Waals surface area contributed by atoms with Crippen molar-refractivity contribution in [2.75, 3.05) is 11.4 Å². The third-order valence-electron chi connectivity index (χ3n) is 4.73. The largest absolute Gasteiger partial charge is 0.366 e. The van der Waals surface area contributed by atoms with Crippen molar-refractivity contribution >= 4 is 39.1 Å². The van der Waals surface area contributed by atoms with E-state index < -0.39 is 5.91 Å². The molecule has 0 unspecified atom stereocenters. The van der Waals surface area contributed by atoms with Crippen molar-refractivity contribution in [2.45, 2.75) is 19.9 Å². The fourth-order valence-electron chi connectivity index (χ4n) is 3.38. The molecule has 2 amide bonds. The maximum absolute atomic E-state index is 12.4. The number of nitrogens with two attached hydrogens (primary N) is 1. The molecule has 3 aromatic rings. The molecule has 0 spiro atoms. The van der Waals surface area contributed by atoms with Crippen molar-refractivity contribution in [1.82, 2.24) is 0 Å². The van der Waals surface area contributed by atoms with Gasteiger partial charge in [-0.05, 0) is 38.1 Å². The van der Waals surface area contributed by atoms with Gasteiger partial charge in [-0.3, -0.25) is 14.6 Å². The molecule has 1 aliphatic rings. The minimum absolute atomic E-state index is 0.0448. The van der Waals surface area contributed by atoms with Gasteiger partial charge < -0.3 is 10.6 Å². The fraction of sp³-hybridized carbons (Fsp3) is 0.160. The summed E-state index contributed by atoms with van der Waals surface area (Å²) in [7, 11) is 0. The quantitative estimate of drug-likeness (QED) is 0.586. The highest BCUT2D eigenvalue weighted by atomic mass is 79.9. The summed E-state index contributed by atoms with van der Waals surface area (Å²) in [5, 5.41) is 0. The molecule has 1 heterocycles. The Bertz CT molecular complexity index is 1110. The van der Waals surface area contributed by atoms with Gasteiger partial charge in [0.25, 0.3) is 0 Å². The number of benzene rings is 3. The first-order valence-electron chi connectivity index (χ1n) is 9.95. The smallest absolute Gasteiger partial charge is 0.248 e. The molecule has 4 rings (SSSR count). The monoisotopic (exact) mass is 477 g/mol. The van der Waals surface area contributed by atoms with Gasteiger partial charge in [-0.2, -0.15) is 0 Å². The number of amides is 2. The summed E-state index contributed by atoms with van der Waals surface area (Å²) in [5.41, 5.74) is 9.44. The molecule has 0 saturated carbocycles. The van der Waals surface area contributed by atoms with Gasteiger partial charge in [-0.1, -0.05) is 70.5 Å². The number of benzodiazepines with no additional fused rings is 1. The number of para-hydroxylation sites is 1. The van der Waals surface area contributed by atoms with Crippen LogP contribution in [0.4, 0.5) is 5.69 Å². The Morgan fingerprint density at radius 2 is 1.68 bits per heavy atom. The SMILES string of the molecule is CC(C)N1C(=O)CN=C(c2ccccc2)c2ccccc21.NC(=O)c1cccc(Br)c1. The molecule has 0 fully saturated rings. The van der Waals surface area contributed by atoms with E-state index >= 15 is 0 Å². The second kappa shape index (κ2) is 10.2. The van der Waals surface area contributed by atoms with Crippen LogP contribution in [0.25, 0.3) is 0 Å². The van der Waals surface area contributed by atoms with Crippen LogP contribution in [0.5, 0.6) is 0 Å². The summed E-state index contributed by atoms with van der Waals surface area (Å²) in [5.74, 6) is -0.357. The molecule has 2 N–H and O–H groups in total. The molecule has 31 heavy (non-hydrogen) atoms. The van der Waals surface area contributed by atoms with E-state index in [9.17, 15) is 9.59 Å². The van der Waals surface area contributed by atoms with Gasteiger partial charge in [-0.15, -0.1) is 0 Å². The van der Waals surface area contributed by atoms with E-state index in [2.05, 4.69) is 20.9 Å². The maximum Gasteiger partial charge on any atom is 0.248 e. The van der Waals surface area contributed by atoms with Crippen molar-refractivity contribution in [3.05, 3.63) is 100 Å². The summed E-state index contributed by atoms with van der Waals surface area (Å²) in [4.78, 5) is 29.4. The van der Waals surface area contributed by atoms with Gasteiger partial charge in [-0.25, -0.2) is 0 Å². The van der Waals surface area contributed by atoms with E-state index in [0.717, 1.165) is 27.0 Å². The molecule has 6 heteroatoms. The van der Waals surface area contributed by atoms with E-state index in [-0.39, 0.29) is 18.5 Å². The third-order valence-corrected chi connectivity index (χ3v) is 5.23. The molecular weight excluding hydrogens is 454 g/mol. The molecule has 0 radical (unpaired) electrons. The van der Waals surface area contributed by atoms with Crippen LogP contribution >= 0.6 is 15.9 Å². The number of hydrogen-bond acceptors (Lipinski definition) is 3. The summed E-state index contributed by atoms with van der Waals surface area (Å²) >= 11 is 3.22. The number of carbonyl (C=O) groups excluding carboxylic acids is 2. The van der Waals surface area contributed by atoms with E-state index in [1.807, 2.05) is 79.4 Å².